The van der Waals surface area contributed by atoms with Crippen molar-refractivity contribution in [2.75, 3.05) is 0 Å². The van der Waals surface area contributed by atoms with Gasteiger partial charge in [0.2, 0.25) is 5.82 Å². The Labute approximate surface area is 84.6 Å². The zero-order valence-electron chi connectivity index (χ0n) is 6.09. The van der Waals surface area contributed by atoms with Crippen LogP contribution in [-0.2, 0) is 0 Å². The van der Waals surface area contributed by atoms with Gasteiger partial charge in [0, 0.05) is 16.7 Å². The fourth-order valence-electron chi connectivity index (χ4n) is 0.632. The lowest BCUT2D eigenvalue weighted by Crippen LogP contribution is -3.00. The molecule has 66 valence electrons. The number of aromatic nitrogens is 1. The fourth-order valence-corrected chi connectivity index (χ4v) is 0.867. The second-order valence-electron chi connectivity index (χ2n) is 2.00. The highest BCUT2D eigenvalue weighted by Crippen LogP contribution is 2.06. The van der Waals surface area contributed by atoms with Gasteiger partial charge in [0.1, 0.15) is 0 Å². The maximum atomic E-state index is 6.96. The van der Waals surface area contributed by atoms with E-state index in [1.807, 2.05) is 6.07 Å². The van der Waals surface area contributed by atoms with Gasteiger partial charge in [-0.25, -0.2) is 15.7 Å². The van der Waals surface area contributed by atoms with Crippen LogP contribution in [0.3, 0.4) is 0 Å². The predicted molar refractivity (Wildman–Crippen MR) is 45.4 cm³/mol. The van der Waals surface area contributed by atoms with Crippen LogP contribution in [0.4, 0.5) is 5.82 Å². The van der Waals surface area contributed by atoms with Gasteiger partial charge in [0.15, 0.2) is 0 Å². The van der Waals surface area contributed by atoms with Gasteiger partial charge in [-0.05, 0) is 22.0 Å². The van der Waals surface area contributed by atoms with E-state index in [0.717, 1.165) is 4.47 Å². The van der Waals surface area contributed by atoms with Crippen LogP contribution in [0.5, 0.6) is 0 Å². The van der Waals surface area contributed by atoms with E-state index in [1.54, 1.807) is 12.3 Å². The molecule has 0 aliphatic rings. The van der Waals surface area contributed by atoms with Crippen LogP contribution in [0.1, 0.15) is 0 Å². The number of guanidine groups is 1. The standard InChI is InChI=1S/C6H7BrN4.ClH/c7-4-1-2-5(10-3-4)11-6(8)9;/h1-3H,(H4,8,9,10,11);1H. The maximum Gasteiger partial charge on any atom is 0.295 e. The van der Waals surface area contributed by atoms with Gasteiger partial charge in [-0.1, -0.05) is 0 Å². The Morgan fingerprint density at radius 1 is 1.58 bits per heavy atom. The summed E-state index contributed by atoms with van der Waals surface area (Å²) >= 11 is 3.25. The summed E-state index contributed by atoms with van der Waals surface area (Å²) in [6, 6.07) is 3.63. The normalized spacial score (nSPS) is 8.75. The molecule has 0 atom stereocenters. The van der Waals surface area contributed by atoms with Crippen molar-refractivity contribution in [1.29, 1.82) is 5.41 Å². The largest absolute Gasteiger partial charge is 1.00 e. The van der Waals surface area contributed by atoms with E-state index in [9.17, 15) is 0 Å². The Morgan fingerprint density at radius 3 is 2.67 bits per heavy atom. The number of quaternary nitrogens is 1. The molecule has 0 amide bonds. The van der Waals surface area contributed by atoms with Crippen molar-refractivity contribution in [2.24, 2.45) is 5.73 Å². The highest BCUT2D eigenvalue weighted by molar-refractivity contribution is 9.10. The summed E-state index contributed by atoms with van der Waals surface area (Å²) in [6.45, 7) is 0. The third-order valence-corrected chi connectivity index (χ3v) is 1.52. The summed E-state index contributed by atoms with van der Waals surface area (Å²) < 4.78 is 0.915. The van der Waals surface area contributed by atoms with Crippen LogP contribution in [0.2, 0.25) is 0 Å². The zero-order chi connectivity index (χ0) is 8.27. The smallest absolute Gasteiger partial charge is 0.295 e. The highest BCUT2D eigenvalue weighted by atomic mass is 79.9. The molecule has 0 saturated carbocycles. The lowest BCUT2D eigenvalue weighted by atomic mass is 10.5. The number of pyridine rings is 1. The third kappa shape index (κ3) is 3.66. The first-order valence-corrected chi connectivity index (χ1v) is 3.78. The van der Waals surface area contributed by atoms with E-state index < -0.39 is 0 Å². The van der Waals surface area contributed by atoms with Crippen molar-refractivity contribution in [2.45, 2.75) is 0 Å². The summed E-state index contributed by atoms with van der Waals surface area (Å²) in [7, 11) is 0. The molecule has 0 unspecified atom stereocenters. The molecule has 0 radical (unpaired) electrons. The van der Waals surface area contributed by atoms with Crippen molar-refractivity contribution in [3.05, 3.63) is 22.8 Å². The number of rotatable bonds is 1. The first kappa shape index (κ1) is 11.4. The third-order valence-electron chi connectivity index (χ3n) is 1.05. The van der Waals surface area contributed by atoms with E-state index in [2.05, 4.69) is 20.9 Å². The number of hydrogen-bond acceptors (Lipinski definition) is 2. The van der Waals surface area contributed by atoms with Crippen molar-refractivity contribution < 1.29 is 17.7 Å². The zero-order valence-corrected chi connectivity index (χ0v) is 8.43. The second kappa shape index (κ2) is 5.08. The number of nitrogens with one attached hydrogen (secondary N) is 1. The monoisotopic (exact) mass is 250 g/mol. The number of halogens is 2. The van der Waals surface area contributed by atoms with E-state index in [1.165, 1.54) is 5.32 Å². The van der Waals surface area contributed by atoms with E-state index in [-0.39, 0.29) is 18.4 Å². The minimum atomic E-state index is 0. The van der Waals surface area contributed by atoms with Gasteiger partial charge in [-0.3, -0.25) is 0 Å². The predicted octanol–water partition coefficient (Wildman–Crippen LogP) is -3.06. The highest BCUT2D eigenvalue weighted by Gasteiger charge is 1.98. The molecule has 5 N–H and O–H groups in total. The van der Waals surface area contributed by atoms with E-state index in [0.29, 0.717) is 5.82 Å². The van der Waals surface area contributed by atoms with Crippen LogP contribution in [0.25, 0.3) is 0 Å². The molecular weight excluding hydrogens is 243 g/mol. The second-order valence-corrected chi connectivity index (χ2v) is 2.92. The topological polar surface area (TPSA) is 79.4 Å². The van der Waals surface area contributed by atoms with Crippen LogP contribution in [-0.4, -0.2) is 10.9 Å². The van der Waals surface area contributed by atoms with Crippen molar-refractivity contribution in [1.82, 2.24) is 4.98 Å². The molecule has 0 aliphatic heterocycles. The Kier molecular flexibility index (Phi) is 4.80. The Bertz CT molecular complexity index is 261. The van der Waals surface area contributed by atoms with Crippen LogP contribution >= 0.6 is 15.9 Å². The summed E-state index contributed by atoms with van der Waals surface area (Å²) in [4.78, 5) is 4.00. The molecule has 0 aliphatic carbocycles. The van der Waals surface area contributed by atoms with Gasteiger partial charge < -0.3 is 18.1 Å². The van der Waals surface area contributed by atoms with Crippen molar-refractivity contribution in [3.63, 3.8) is 0 Å². The summed E-state index contributed by atoms with van der Waals surface area (Å²) in [5, 5.41) is 8.45. The average Bonchev–Trinajstić information content (AvgIpc) is 1.93. The van der Waals surface area contributed by atoms with Crippen LogP contribution in [0.15, 0.2) is 22.8 Å². The van der Waals surface area contributed by atoms with Gasteiger partial charge in [0.25, 0.3) is 5.96 Å². The molecular formula is C6H8BrClN4. The Hall–Kier alpha value is -0.650. The molecule has 0 fully saturated rings. The summed E-state index contributed by atoms with van der Waals surface area (Å²) in [6.07, 6.45) is 1.66. The van der Waals surface area contributed by atoms with Gasteiger partial charge in [0.05, 0.1) is 0 Å². The van der Waals surface area contributed by atoms with Crippen molar-refractivity contribution in [3.8, 4) is 0 Å². The molecule has 1 aromatic rings. The number of nitrogens with two attached hydrogens (primary N) is 2. The molecule has 0 saturated heterocycles. The first-order chi connectivity index (χ1) is 5.18. The molecule has 12 heavy (non-hydrogen) atoms. The van der Waals surface area contributed by atoms with Gasteiger partial charge in [-0.15, -0.1) is 0 Å². The van der Waals surface area contributed by atoms with E-state index in [4.69, 9.17) is 11.1 Å². The maximum absolute atomic E-state index is 6.96. The SMILES string of the molecule is N=C(N)[NH2+]c1ccc(Br)cn1.[Cl-]. The van der Waals surface area contributed by atoms with Crippen molar-refractivity contribution >= 4 is 27.7 Å². The molecule has 0 aromatic carbocycles. The molecule has 0 spiro atoms. The molecule has 1 aromatic heterocycles. The lowest BCUT2D eigenvalue weighted by Gasteiger charge is -1.94. The molecule has 1 heterocycles. The molecule has 1 rings (SSSR count). The number of nitrogens with zero attached hydrogens (tertiary/aromatic N) is 1. The molecule has 0 bridgehead atoms. The average molecular weight is 252 g/mol. The summed E-state index contributed by atoms with van der Waals surface area (Å²) in [5.41, 5.74) is 5.14. The van der Waals surface area contributed by atoms with Gasteiger partial charge >= 0.3 is 0 Å². The molecule has 4 nitrogen and oxygen atoms in total. The molecule has 6 heteroatoms. The van der Waals surface area contributed by atoms with Crippen LogP contribution < -0.4 is 23.5 Å². The number of hydrogen-bond donors (Lipinski definition) is 3. The quantitative estimate of drug-likeness (QED) is 0.366. The minimum Gasteiger partial charge on any atom is -1.00 e. The van der Waals surface area contributed by atoms with Gasteiger partial charge in [-0.2, -0.15) is 0 Å². The summed E-state index contributed by atoms with van der Waals surface area (Å²) in [5.74, 6) is 0.709. The Morgan fingerprint density at radius 2 is 2.25 bits per heavy atom. The fraction of sp³-hybridized carbons (Fsp3) is 0. The minimum absolute atomic E-state index is 0. The first-order valence-electron chi connectivity index (χ1n) is 2.99. The Balaban J connectivity index is 0.00000121. The lowest BCUT2D eigenvalue weighted by molar-refractivity contribution is -0.451. The van der Waals surface area contributed by atoms with E-state index >= 15 is 0 Å². The van der Waals surface area contributed by atoms with Crippen LogP contribution in [0, 0.1) is 5.41 Å².